The van der Waals surface area contributed by atoms with Crippen LogP contribution in [0, 0.1) is 0 Å². The fourth-order valence-electron chi connectivity index (χ4n) is 1.49. The number of allylic oxidation sites excluding steroid dienone is 5. The first-order valence-electron chi connectivity index (χ1n) is 5.76. The molecule has 1 amide bonds. The fourth-order valence-corrected chi connectivity index (χ4v) is 1.49. The third-order valence-electron chi connectivity index (χ3n) is 2.53. The molecule has 1 heterocycles. The fraction of sp³-hybridized carbons (Fsp3) is 0.462. The zero-order valence-electron chi connectivity index (χ0n) is 10.7. The Morgan fingerprint density at radius 3 is 2.82 bits per heavy atom. The van der Waals surface area contributed by atoms with E-state index in [0.29, 0.717) is 13.2 Å². The molecule has 1 fully saturated rings. The summed E-state index contributed by atoms with van der Waals surface area (Å²) in [7, 11) is 1.87. The molecule has 0 aromatic heterocycles. The van der Waals surface area contributed by atoms with Crippen LogP contribution in [0.2, 0.25) is 0 Å². The summed E-state index contributed by atoms with van der Waals surface area (Å²) in [5.41, 5.74) is 1.95. The van der Waals surface area contributed by atoms with Gasteiger partial charge in [0.2, 0.25) is 0 Å². The topological polar surface area (TPSA) is 41.6 Å². The standard InChI is InChI=1S/C13H20N2O2/c1-4-5-12(7-6-11(2)14-3)15-8-9-17-10-13(15)16/h4-7,14H,8-10H2,1-3H3/b5-4-,11-6+,12-7+. The number of carbonyl (C=O) groups is 1. The van der Waals surface area contributed by atoms with Gasteiger partial charge in [0.25, 0.3) is 5.91 Å². The van der Waals surface area contributed by atoms with Gasteiger partial charge in [0.15, 0.2) is 0 Å². The number of carbonyl (C=O) groups excluding carboxylic acids is 1. The van der Waals surface area contributed by atoms with Crippen molar-refractivity contribution in [2.24, 2.45) is 0 Å². The lowest BCUT2D eigenvalue weighted by molar-refractivity contribution is -0.139. The van der Waals surface area contributed by atoms with Crippen LogP contribution in [0.4, 0.5) is 0 Å². The lowest BCUT2D eigenvalue weighted by Gasteiger charge is -2.27. The Balaban J connectivity index is 2.87. The van der Waals surface area contributed by atoms with Crippen LogP contribution in [0.5, 0.6) is 0 Å². The number of hydrogen-bond acceptors (Lipinski definition) is 3. The Bertz CT molecular complexity index is 356. The van der Waals surface area contributed by atoms with Gasteiger partial charge in [0, 0.05) is 25.0 Å². The molecular weight excluding hydrogens is 216 g/mol. The van der Waals surface area contributed by atoms with Crippen molar-refractivity contribution >= 4 is 5.91 Å². The van der Waals surface area contributed by atoms with Gasteiger partial charge in [-0.25, -0.2) is 0 Å². The highest BCUT2D eigenvalue weighted by Gasteiger charge is 2.20. The Hall–Kier alpha value is -1.55. The van der Waals surface area contributed by atoms with E-state index >= 15 is 0 Å². The van der Waals surface area contributed by atoms with Gasteiger partial charge < -0.3 is 15.0 Å². The Labute approximate surface area is 103 Å². The van der Waals surface area contributed by atoms with Crippen molar-refractivity contribution in [3.05, 3.63) is 35.7 Å². The minimum absolute atomic E-state index is 0.0103. The molecule has 0 atom stereocenters. The van der Waals surface area contributed by atoms with E-state index in [0.717, 1.165) is 11.4 Å². The highest BCUT2D eigenvalue weighted by molar-refractivity contribution is 5.80. The minimum Gasteiger partial charge on any atom is -0.392 e. The molecule has 1 saturated heterocycles. The minimum atomic E-state index is 0.0103. The second-order valence-corrected chi connectivity index (χ2v) is 3.79. The molecule has 1 rings (SSSR count). The van der Waals surface area contributed by atoms with Crippen molar-refractivity contribution in [2.75, 3.05) is 26.8 Å². The van der Waals surface area contributed by atoms with Crippen LogP contribution in [-0.2, 0) is 9.53 Å². The highest BCUT2D eigenvalue weighted by atomic mass is 16.5. The molecule has 4 nitrogen and oxygen atoms in total. The summed E-state index contributed by atoms with van der Waals surface area (Å²) in [5, 5.41) is 3.04. The van der Waals surface area contributed by atoms with Crippen molar-refractivity contribution in [3.8, 4) is 0 Å². The van der Waals surface area contributed by atoms with Crippen LogP contribution in [0.1, 0.15) is 13.8 Å². The van der Waals surface area contributed by atoms with E-state index in [1.54, 1.807) is 4.90 Å². The smallest absolute Gasteiger partial charge is 0.253 e. The number of nitrogens with zero attached hydrogens (tertiary/aromatic N) is 1. The number of amides is 1. The normalized spacial score (nSPS) is 19.0. The molecule has 0 aliphatic carbocycles. The molecule has 0 aromatic rings. The summed E-state index contributed by atoms with van der Waals surface area (Å²) >= 11 is 0. The van der Waals surface area contributed by atoms with Crippen molar-refractivity contribution in [2.45, 2.75) is 13.8 Å². The second-order valence-electron chi connectivity index (χ2n) is 3.79. The lowest BCUT2D eigenvalue weighted by atomic mass is 10.2. The first-order chi connectivity index (χ1) is 8.19. The SMILES string of the molecule is C\C=C/C(=C\C=C(/C)NC)N1CCOCC1=O. The molecule has 4 heteroatoms. The predicted octanol–water partition coefficient (Wildman–Crippen LogP) is 1.43. The molecule has 1 aliphatic rings. The summed E-state index contributed by atoms with van der Waals surface area (Å²) in [6, 6.07) is 0. The maximum absolute atomic E-state index is 11.7. The average Bonchev–Trinajstić information content (AvgIpc) is 2.35. The van der Waals surface area contributed by atoms with Gasteiger partial charge in [-0.05, 0) is 32.1 Å². The summed E-state index contributed by atoms with van der Waals surface area (Å²) in [6.45, 7) is 5.29. The zero-order chi connectivity index (χ0) is 12.7. The van der Waals surface area contributed by atoms with E-state index in [4.69, 9.17) is 4.74 Å². The molecule has 0 radical (unpaired) electrons. The largest absolute Gasteiger partial charge is 0.392 e. The van der Waals surface area contributed by atoms with E-state index in [1.165, 1.54) is 0 Å². The van der Waals surface area contributed by atoms with Gasteiger partial charge in [-0.1, -0.05) is 6.08 Å². The van der Waals surface area contributed by atoms with Crippen molar-refractivity contribution in [3.63, 3.8) is 0 Å². The van der Waals surface area contributed by atoms with Gasteiger partial charge in [0.05, 0.1) is 6.61 Å². The summed E-state index contributed by atoms with van der Waals surface area (Å²) in [5.74, 6) is 0.0103. The third-order valence-corrected chi connectivity index (χ3v) is 2.53. The molecule has 0 unspecified atom stereocenters. The number of ether oxygens (including phenoxy) is 1. The third kappa shape index (κ3) is 4.07. The highest BCUT2D eigenvalue weighted by Crippen LogP contribution is 2.11. The molecule has 17 heavy (non-hydrogen) atoms. The molecule has 94 valence electrons. The Morgan fingerprint density at radius 1 is 1.47 bits per heavy atom. The number of rotatable bonds is 4. The van der Waals surface area contributed by atoms with Gasteiger partial charge in [-0.15, -0.1) is 0 Å². The maximum atomic E-state index is 11.7. The van der Waals surface area contributed by atoms with Crippen LogP contribution in [0.25, 0.3) is 0 Å². The molecule has 0 saturated carbocycles. The molecule has 0 bridgehead atoms. The second kappa shape index (κ2) is 6.91. The Kier molecular flexibility index (Phi) is 5.49. The van der Waals surface area contributed by atoms with E-state index in [9.17, 15) is 4.79 Å². The van der Waals surface area contributed by atoms with Gasteiger partial charge >= 0.3 is 0 Å². The maximum Gasteiger partial charge on any atom is 0.253 e. The zero-order valence-corrected chi connectivity index (χ0v) is 10.7. The molecule has 0 aromatic carbocycles. The van der Waals surface area contributed by atoms with Gasteiger partial charge in [-0.2, -0.15) is 0 Å². The monoisotopic (exact) mass is 236 g/mol. The molecule has 1 N–H and O–H groups in total. The van der Waals surface area contributed by atoms with Crippen LogP contribution < -0.4 is 5.32 Å². The van der Waals surface area contributed by atoms with Crippen LogP contribution in [0.3, 0.4) is 0 Å². The van der Waals surface area contributed by atoms with E-state index in [1.807, 2.05) is 45.2 Å². The number of nitrogens with one attached hydrogen (secondary N) is 1. The summed E-state index contributed by atoms with van der Waals surface area (Å²) < 4.78 is 5.12. The molecule has 0 spiro atoms. The molecular formula is C13H20N2O2. The average molecular weight is 236 g/mol. The van der Waals surface area contributed by atoms with Crippen molar-refractivity contribution in [1.29, 1.82) is 0 Å². The van der Waals surface area contributed by atoms with Crippen LogP contribution in [0.15, 0.2) is 35.7 Å². The predicted molar refractivity (Wildman–Crippen MR) is 68.2 cm³/mol. The first kappa shape index (κ1) is 13.5. The molecule has 1 aliphatic heterocycles. The summed E-state index contributed by atoms with van der Waals surface area (Å²) in [4.78, 5) is 13.5. The quantitative estimate of drug-likeness (QED) is 0.751. The van der Waals surface area contributed by atoms with Crippen LogP contribution >= 0.6 is 0 Å². The lowest BCUT2D eigenvalue weighted by Crippen LogP contribution is -2.40. The number of morpholine rings is 1. The first-order valence-corrected chi connectivity index (χ1v) is 5.76. The van der Waals surface area contributed by atoms with Crippen molar-refractivity contribution in [1.82, 2.24) is 10.2 Å². The Morgan fingerprint density at radius 2 is 2.24 bits per heavy atom. The van der Waals surface area contributed by atoms with E-state index in [-0.39, 0.29) is 12.5 Å². The van der Waals surface area contributed by atoms with Gasteiger partial charge in [-0.3, -0.25) is 4.79 Å². The summed E-state index contributed by atoms with van der Waals surface area (Å²) in [6.07, 6.45) is 7.76. The van der Waals surface area contributed by atoms with E-state index < -0.39 is 0 Å². The van der Waals surface area contributed by atoms with Crippen LogP contribution in [-0.4, -0.2) is 37.6 Å². The van der Waals surface area contributed by atoms with Crippen molar-refractivity contribution < 1.29 is 9.53 Å². The number of hydrogen-bond donors (Lipinski definition) is 1. The van der Waals surface area contributed by atoms with E-state index in [2.05, 4.69) is 5.32 Å². The van der Waals surface area contributed by atoms with Gasteiger partial charge in [0.1, 0.15) is 6.61 Å².